The van der Waals surface area contributed by atoms with Crippen LogP contribution in [0, 0.1) is 13.8 Å². The van der Waals surface area contributed by atoms with Crippen LogP contribution >= 0.6 is 23.2 Å². The molecular formula is C23H21Cl2N3O3S. The summed E-state index contributed by atoms with van der Waals surface area (Å²) < 4.78 is 27.8. The molecular weight excluding hydrogens is 469 g/mol. The Morgan fingerprint density at radius 1 is 0.938 bits per heavy atom. The number of benzene rings is 3. The minimum Gasteiger partial charge on any atom is -0.271 e. The Bertz CT molecular complexity index is 1240. The van der Waals surface area contributed by atoms with Crippen LogP contribution in [-0.4, -0.2) is 27.1 Å². The van der Waals surface area contributed by atoms with Gasteiger partial charge in [-0.3, -0.25) is 9.10 Å². The molecule has 0 bridgehead atoms. The van der Waals surface area contributed by atoms with Crippen molar-refractivity contribution in [1.82, 2.24) is 5.43 Å². The second-order valence-electron chi connectivity index (χ2n) is 7.08. The number of amides is 1. The summed E-state index contributed by atoms with van der Waals surface area (Å²) in [4.78, 5) is 12.6. The zero-order valence-corrected chi connectivity index (χ0v) is 19.7. The van der Waals surface area contributed by atoms with Gasteiger partial charge in [0.1, 0.15) is 6.54 Å². The highest BCUT2D eigenvalue weighted by atomic mass is 35.5. The molecule has 0 aliphatic rings. The van der Waals surface area contributed by atoms with Gasteiger partial charge in [0, 0.05) is 10.0 Å². The molecule has 0 saturated heterocycles. The van der Waals surface area contributed by atoms with E-state index >= 15 is 0 Å². The summed E-state index contributed by atoms with van der Waals surface area (Å²) in [7, 11) is -4.03. The quantitative estimate of drug-likeness (QED) is 0.376. The van der Waals surface area contributed by atoms with Gasteiger partial charge in [0.25, 0.3) is 15.9 Å². The van der Waals surface area contributed by atoms with Crippen molar-refractivity contribution in [2.75, 3.05) is 10.8 Å². The Labute approximate surface area is 197 Å². The van der Waals surface area contributed by atoms with E-state index < -0.39 is 22.5 Å². The fourth-order valence-electron chi connectivity index (χ4n) is 2.82. The van der Waals surface area contributed by atoms with Gasteiger partial charge in [-0.25, -0.2) is 13.8 Å². The third-order valence-electron chi connectivity index (χ3n) is 4.74. The molecule has 0 unspecified atom stereocenters. The van der Waals surface area contributed by atoms with E-state index in [-0.39, 0.29) is 4.90 Å². The number of aryl methyl sites for hydroxylation is 2. The van der Waals surface area contributed by atoms with Crippen molar-refractivity contribution in [1.29, 1.82) is 0 Å². The van der Waals surface area contributed by atoms with Crippen LogP contribution in [0.2, 0.25) is 10.0 Å². The molecule has 3 rings (SSSR count). The number of carbonyl (C=O) groups excluding carboxylic acids is 1. The number of anilines is 1. The van der Waals surface area contributed by atoms with Crippen molar-refractivity contribution in [3.63, 3.8) is 0 Å². The lowest BCUT2D eigenvalue weighted by atomic mass is 10.1. The second-order valence-corrected chi connectivity index (χ2v) is 9.81. The van der Waals surface area contributed by atoms with E-state index in [0.717, 1.165) is 21.0 Å². The van der Waals surface area contributed by atoms with Crippen molar-refractivity contribution >= 4 is 51.0 Å². The third kappa shape index (κ3) is 5.88. The van der Waals surface area contributed by atoms with Crippen molar-refractivity contribution < 1.29 is 13.2 Å². The zero-order valence-electron chi connectivity index (χ0n) is 17.4. The van der Waals surface area contributed by atoms with Crippen LogP contribution in [0.4, 0.5) is 5.69 Å². The Kier molecular flexibility index (Phi) is 7.56. The lowest BCUT2D eigenvalue weighted by molar-refractivity contribution is -0.119. The smallest absolute Gasteiger partial charge is 0.264 e. The number of carbonyl (C=O) groups is 1. The van der Waals surface area contributed by atoms with Gasteiger partial charge < -0.3 is 0 Å². The monoisotopic (exact) mass is 489 g/mol. The predicted octanol–water partition coefficient (Wildman–Crippen LogP) is 4.96. The first-order valence-corrected chi connectivity index (χ1v) is 11.8. The molecule has 3 aromatic carbocycles. The summed E-state index contributed by atoms with van der Waals surface area (Å²) in [6.07, 6.45) is 1.45. The number of nitrogens with zero attached hydrogens (tertiary/aromatic N) is 2. The molecule has 0 saturated carbocycles. The maximum atomic E-state index is 13.4. The third-order valence-corrected chi connectivity index (χ3v) is 7.03. The SMILES string of the molecule is Cc1ccc(N(CC(=O)N/N=C\c2ccc(Cl)cc2)S(=O)(=O)c2ccc(Cl)cc2)cc1C. The Balaban J connectivity index is 1.86. The van der Waals surface area contributed by atoms with E-state index in [9.17, 15) is 13.2 Å². The van der Waals surface area contributed by atoms with Crippen LogP contribution in [0.15, 0.2) is 76.7 Å². The van der Waals surface area contributed by atoms with E-state index in [0.29, 0.717) is 15.7 Å². The maximum absolute atomic E-state index is 13.4. The molecule has 1 amide bonds. The summed E-state index contributed by atoms with van der Waals surface area (Å²) in [6, 6.07) is 17.9. The molecule has 32 heavy (non-hydrogen) atoms. The highest BCUT2D eigenvalue weighted by Crippen LogP contribution is 2.26. The van der Waals surface area contributed by atoms with Gasteiger partial charge in [0.15, 0.2) is 0 Å². The van der Waals surface area contributed by atoms with E-state index in [1.807, 2.05) is 19.9 Å². The zero-order chi connectivity index (χ0) is 23.3. The molecule has 0 radical (unpaired) electrons. The molecule has 0 atom stereocenters. The van der Waals surface area contributed by atoms with Crippen molar-refractivity contribution in [3.8, 4) is 0 Å². The largest absolute Gasteiger partial charge is 0.271 e. The summed E-state index contributed by atoms with van der Waals surface area (Å²) in [6.45, 7) is 3.35. The van der Waals surface area contributed by atoms with E-state index in [1.54, 1.807) is 36.4 Å². The second kappa shape index (κ2) is 10.2. The van der Waals surface area contributed by atoms with Gasteiger partial charge >= 0.3 is 0 Å². The number of sulfonamides is 1. The van der Waals surface area contributed by atoms with Crippen molar-refractivity contribution in [2.45, 2.75) is 18.7 Å². The standard InChI is InChI=1S/C23H21Cl2N3O3S/c1-16-3-10-21(13-17(16)2)28(32(30,31)22-11-8-20(25)9-12-22)15-23(29)27-26-14-18-4-6-19(24)7-5-18/h3-14H,15H2,1-2H3,(H,27,29)/b26-14-. The molecule has 0 heterocycles. The summed E-state index contributed by atoms with van der Waals surface area (Å²) >= 11 is 11.8. The number of hydrogen-bond donors (Lipinski definition) is 1. The molecule has 0 spiro atoms. The maximum Gasteiger partial charge on any atom is 0.264 e. The van der Waals surface area contributed by atoms with E-state index in [4.69, 9.17) is 23.2 Å². The van der Waals surface area contributed by atoms with E-state index in [2.05, 4.69) is 10.5 Å². The van der Waals surface area contributed by atoms with Gasteiger partial charge in [-0.2, -0.15) is 5.10 Å². The molecule has 166 valence electrons. The minimum atomic E-state index is -4.03. The topological polar surface area (TPSA) is 78.8 Å². The van der Waals surface area contributed by atoms with Crippen LogP contribution in [0.5, 0.6) is 0 Å². The predicted molar refractivity (Wildman–Crippen MR) is 129 cm³/mol. The number of rotatable bonds is 7. The van der Waals surface area contributed by atoms with Gasteiger partial charge in [0.2, 0.25) is 0 Å². The van der Waals surface area contributed by atoms with Crippen LogP contribution in [-0.2, 0) is 14.8 Å². The fraction of sp³-hybridized carbons (Fsp3) is 0.130. The van der Waals surface area contributed by atoms with Crippen LogP contribution in [0.3, 0.4) is 0 Å². The molecule has 0 aromatic heterocycles. The van der Waals surface area contributed by atoms with Gasteiger partial charge in [0.05, 0.1) is 16.8 Å². The molecule has 0 aliphatic carbocycles. The molecule has 0 fully saturated rings. The van der Waals surface area contributed by atoms with Crippen molar-refractivity contribution in [3.05, 3.63) is 93.5 Å². The lowest BCUT2D eigenvalue weighted by Crippen LogP contribution is -2.39. The lowest BCUT2D eigenvalue weighted by Gasteiger charge is -2.24. The summed E-state index contributed by atoms with van der Waals surface area (Å²) in [5.74, 6) is -0.592. The first-order chi connectivity index (χ1) is 15.2. The normalized spacial score (nSPS) is 11.5. The average Bonchev–Trinajstić information content (AvgIpc) is 2.76. The summed E-state index contributed by atoms with van der Waals surface area (Å²) in [5.41, 5.74) is 5.39. The van der Waals surface area contributed by atoms with Gasteiger partial charge in [-0.05, 0) is 79.1 Å². The first-order valence-electron chi connectivity index (χ1n) is 9.60. The number of hydrazone groups is 1. The van der Waals surface area contributed by atoms with E-state index in [1.165, 1.54) is 30.5 Å². The number of nitrogens with one attached hydrogen (secondary N) is 1. The highest BCUT2D eigenvalue weighted by molar-refractivity contribution is 7.92. The van der Waals surface area contributed by atoms with Crippen LogP contribution in [0.1, 0.15) is 16.7 Å². The Morgan fingerprint density at radius 3 is 2.12 bits per heavy atom. The highest BCUT2D eigenvalue weighted by Gasteiger charge is 2.27. The molecule has 3 aromatic rings. The van der Waals surface area contributed by atoms with Gasteiger partial charge in [-0.15, -0.1) is 0 Å². The Morgan fingerprint density at radius 2 is 1.53 bits per heavy atom. The van der Waals surface area contributed by atoms with Crippen LogP contribution < -0.4 is 9.73 Å². The number of halogens is 2. The molecule has 1 N–H and O–H groups in total. The first kappa shape index (κ1) is 23.8. The fourth-order valence-corrected chi connectivity index (χ4v) is 4.49. The minimum absolute atomic E-state index is 0.0255. The van der Waals surface area contributed by atoms with Crippen LogP contribution in [0.25, 0.3) is 0 Å². The molecule has 0 aliphatic heterocycles. The Hall–Kier alpha value is -2.87. The number of hydrogen-bond acceptors (Lipinski definition) is 4. The van der Waals surface area contributed by atoms with Crippen molar-refractivity contribution in [2.24, 2.45) is 5.10 Å². The van der Waals surface area contributed by atoms with Gasteiger partial charge in [-0.1, -0.05) is 41.4 Å². The average molecular weight is 490 g/mol. The molecule has 9 heteroatoms. The molecule has 6 nitrogen and oxygen atoms in total. The summed E-state index contributed by atoms with van der Waals surface area (Å²) in [5, 5.41) is 4.91.